The minimum Gasteiger partial charge on any atom is -0.493 e. The number of H-pyrrole nitrogens is 1. The van der Waals surface area contributed by atoms with Crippen LogP contribution in [0.5, 0.6) is 11.5 Å². The number of benzene rings is 2. The molecule has 0 bridgehead atoms. The van der Waals surface area contributed by atoms with Gasteiger partial charge in [-0.15, -0.1) is 3.97 Å². The van der Waals surface area contributed by atoms with E-state index in [-0.39, 0.29) is 25.5 Å². The molecule has 0 radical (unpaired) electrons. The lowest BCUT2D eigenvalue weighted by molar-refractivity contribution is 0.355. The van der Waals surface area contributed by atoms with Crippen LogP contribution in [-0.2, 0) is 10.0 Å². The molecule has 0 aliphatic heterocycles. The first-order chi connectivity index (χ1) is 12.3. The third-order valence-electron chi connectivity index (χ3n) is 3.92. The average Bonchev–Trinajstić information content (AvgIpc) is 2.60. The second-order valence-electron chi connectivity index (χ2n) is 5.57. The summed E-state index contributed by atoms with van der Waals surface area (Å²) in [4.78, 5) is 27.4. The zero-order chi connectivity index (χ0) is 19.1. The molecule has 0 unspecified atom stereocenters. The Morgan fingerprint density at radius 2 is 1.54 bits per heavy atom. The average molecular weight is 376 g/mol. The molecule has 0 fully saturated rings. The summed E-state index contributed by atoms with van der Waals surface area (Å²) in [5.74, 6) is 0.539. The maximum atomic E-state index is 12.8. The van der Waals surface area contributed by atoms with Crippen molar-refractivity contribution in [2.24, 2.45) is 0 Å². The minimum absolute atomic E-state index is 0.0158. The Morgan fingerprint density at radius 3 is 2.12 bits per heavy atom. The lowest BCUT2D eigenvalue weighted by atomic mass is 10.2. The first kappa shape index (κ1) is 17.7. The van der Waals surface area contributed by atoms with Gasteiger partial charge in [-0.3, -0.25) is 4.79 Å². The van der Waals surface area contributed by atoms with E-state index in [1.54, 1.807) is 19.1 Å². The quantitative estimate of drug-likeness (QED) is 0.734. The van der Waals surface area contributed by atoms with Crippen molar-refractivity contribution in [2.45, 2.75) is 11.8 Å². The van der Waals surface area contributed by atoms with Crippen LogP contribution in [0.2, 0.25) is 0 Å². The molecule has 3 rings (SSSR count). The summed E-state index contributed by atoms with van der Waals surface area (Å²) < 4.78 is 36.1. The van der Waals surface area contributed by atoms with Crippen molar-refractivity contribution >= 4 is 20.9 Å². The highest BCUT2D eigenvalue weighted by Crippen LogP contribution is 2.29. The van der Waals surface area contributed by atoms with E-state index in [2.05, 4.69) is 4.98 Å². The molecule has 0 aliphatic rings. The fraction of sp³-hybridized carbons (Fsp3) is 0.176. The molecule has 26 heavy (non-hydrogen) atoms. The number of nitrogens with one attached hydrogen (secondary N) is 1. The van der Waals surface area contributed by atoms with Gasteiger partial charge >= 0.3 is 5.69 Å². The Kier molecular flexibility index (Phi) is 4.33. The molecule has 0 spiro atoms. The molecule has 8 nitrogen and oxygen atoms in total. The Balaban J connectivity index is 2.35. The van der Waals surface area contributed by atoms with E-state index in [1.165, 1.54) is 38.5 Å². The van der Waals surface area contributed by atoms with Gasteiger partial charge in [0.05, 0.1) is 30.0 Å². The molecule has 2 aromatic carbocycles. The van der Waals surface area contributed by atoms with Crippen LogP contribution < -0.4 is 20.7 Å². The van der Waals surface area contributed by atoms with Crippen LogP contribution in [0.25, 0.3) is 10.9 Å². The molecule has 1 N–H and O–H groups in total. The molecule has 0 amide bonds. The number of aryl methyl sites for hydroxylation is 1. The van der Waals surface area contributed by atoms with Crippen LogP contribution in [-0.4, -0.2) is 31.6 Å². The standard InChI is InChI=1S/C17H16N2O6S/c1-10-4-6-11(7-5-10)26(22,23)19-16(20)12-8-14(24-2)15(25-3)9-13(12)18-17(19)21/h4-9H,1-3H3,(H,18,21). The molecule has 0 aliphatic carbocycles. The van der Waals surface area contributed by atoms with E-state index >= 15 is 0 Å². The summed E-state index contributed by atoms with van der Waals surface area (Å²) in [6.07, 6.45) is 0. The van der Waals surface area contributed by atoms with Gasteiger partial charge in [0.15, 0.2) is 11.5 Å². The van der Waals surface area contributed by atoms with Crippen molar-refractivity contribution in [3.05, 3.63) is 62.8 Å². The van der Waals surface area contributed by atoms with Crippen molar-refractivity contribution in [2.75, 3.05) is 14.2 Å². The first-order valence-electron chi connectivity index (χ1n) is 7.53. The van der Waals surface area contributed by atoms with E-state index in [9.17, 15) is 18.0 Å². The molecular formula is C17H16N2O6S. The van der Waals surface area contributed by atoms with Gasteiger partial charge in [-0.25, -0.2) is 13.2 Å². The number of hydrogen-bond donors (Lipinski definition) is 1. The van der Waals surface area contributed by atoms with Crippen molar-refractivity contribution in [3.8, 4) is 11.5 Å². The Bertz CT molecular complexity index is 1210. The molecule has 9 heteroatoms. The number of aromatic amines is 1. The lowest BCUT2D eigenvalue weighted by Crippen LogP contribution is -2.40. The third kappa shape index (κ3) is 2.76. The highest BCUT2D eigenvalue weighted by molar-refractivity contribution is 7.90. The molecular weight excluding hydrogens is 360 g/mol. The summed E-state index contributed by atoms with van der Waals surface area (Å²) in [7, 11) is -1.56. The number of rotatable bonds is 4. The first-order valence-corrected chi connectivity index (χ1v) is 8.97. The maximum absolute atomic E-state index is 12.8. The van der Waals surface area contributed by atoms with Crippen LogP contribution in [0.3, 0.4) is 0 Å². The predicted octanol–water partition coefficient (Wildman–Crippen LogP) is 1.25. The van der Waals surface area contributed by atoms with Gasteiger partial charge < -0.3 is 14.5 Å². The highest BCUT2D eigenvalue weighted by Gasteiger charge is 2.23. The van der Waals surface area contributed by atoms with E-state index in [0.29, 0.717) is 5.75 Å². The van der Waals surface area contributed by atoms with Gasteiger partial charge in [-0.1, -0.05) is 17.7 Å². The SMILES string of the molecule is COc1cc2[nH]c(=O)n(S(=O)(=O)c3ccc(C)cc3)c(=O)c2cc1OC. The highest BCUT2D eigenvalue weighted by atomic mass is 32.2. The second kappa shape index (κ2) is 6.34. The van der Waals surface area contributed by atoms with Gasteiger partial charge in [0.1, 0.15) is 0 Å². The topological polar surface area (TPSA) is 107 Å². The van der Waals surface area contributed by atoms with E-state index in [1.807, 2.05) is 0 Å². The fourth-order valence-electron chi connectivity index (χ4n) is 2.56. The van der Waals surface area contributed by atoms with Crippen LogP contribution in [0.4, 0.5) is 0 Å². The number of nitrogens with zero attached hydrogens (tertiary/aromatic N) is 1. The minimum atomic E-state index is -4.36. The summed E-state index contributed by atoms with van der Waals surface area (Å²) in [5, 5.41) is -0.0158. The van der Waals surface area contributed by atoms with Gasteiger partial charge in [-0.05, 0) is 25.1 Å². The number of methoxy groups -OCH3 is 2. The normalized spacial score (nSPS) is 11.5. The Morgan fingerprint density at radius 1 is 0.962 bits per heavy atom. The maximum Gasteiger partial charge on any atom is 0.343 e. The Labute approximate surface area is 148 Å². The van der Waals surface area contributed by atoms with Crippen LogP contribution >= 0.6 is 0 Å². The number of ether oxygens (including phenoxy) is 2. The van der Waals surface area contributed by atoms with Gasteiger partial charge in [0.25, 0.3) is 15.6 Å². The molecule has 0 saturated heterocycles. The molecule has 3 aromatic rings. The van der Waals surface area contributed by atoms with Gasteiger partial charge in [-0.2, -0.15) is 0 Å². The van der Waals surface area contributed by atoms with Crippen LogP contribution in [0, 0.1) is 6.92 Å². The van der Waals surface area contributed by atoms with E-state index in [4.69, 9.17) is 9.47 Å². The lowest BCUT2D eigenvalue weighted by Gasteiger charge is -2.11. The summed E-state index contributed by atoms with van der Waals surface area (Å²) >= 11 is 0. The number of fused-ring (bicyclic) bond motifs is 1. The summed E-state index contributed by atoms with van der Waals surface area (Å²) in [6, 6.07) is 8.58. The van der Waals surface area contributed by atoms with E-state index in [0.717, 1.165) is 5.56 Å². The monoisotopic (exact) mass is 376 g/mol. The molecule has 0 atom stereocenters. The smallest absolute Gasteiger partial charge is 0.343 e. The third-order valence-corrected chi connectivity index (χ3v) is 5.60. The van der Waals surface area contributed by atoms with Gasteiger partial charge in [0, 0.05) is 6.07 Å². The van der Waals surface area contributed by atoms with Crippen molar-refractivity contribution in [1.29, 1.82) is 0 Å². The largest absolute Gasteiger partial charge is 0.493 e. The molecule has 1 aromatic heterocycles. The van der Waals surface area contributed by atoms with Crippen molar-refractivity contribution in [3.63, 3.8) is 0 Å². The Hall–Kier alpha value is -3.07. The van der Waals surface area contributed by atoms with Crippen LogP contribution in [0.15, 0.2) is 50.9 Å². The number of hydrogen-bond acceptors (Lipinski definition) is 6. The molecule has 0 saturated carbocycles. The molecule has 1 heterocycles. The summed E-state index contributed by atoms with van der Waals surface area (Å²) in [5.41, 5.74) is -1.03. The van der Waals surface area contributed by atoms with E-state index < -0.39 is 21.3 Å². The predicted molar refractivity (Wildman–Crippen MR) is 95.7 cm³/mol. The number of aromatic nitrogens is 2. The zero-order valence-electron chi connectivity index (χ0n) is 14.3. The van der Waals surface area contributed by atoms with Crippen LogP contribution in [0.1, 0.15) is 5.56 Å². The molecule has 136 valence electrons. The fourth-order valence-corrected chi connectivity index (χ4v) is 3.83. The zero-order valence-corrected chi connectivity index (χ0v) is 15.1. The van der Waals surface area contributed by atoms with Crippen molar-refractivity contribution in [1.82, 2.24) is 8.96 Å². The van der Waals surface area contributed by atoms with Crippen molar-refractivity contribution < 1.29 is 17.9 Å². The summed E-state index contributed by atoms with van der Waals surface area (Å²) in [6.45, 7) is 1.80. The van der Waals surface area contributed by atoms with Gasteiger partial charge in [0.2, 0.25) is 0 Å². The second-order valence-corrected chi connectivity index (χ2v) is 7.36.